The van der Waals surface area contributed by atoms with Crippen LogP contribution in [0, 0.1) is 0 Å². The van der Waals surface area contributed by atoms with Gasteiger partial charge >= 0.3 is 0 Å². The van der Waals surface area contributed by atoms with Crippen molar-refractivity contribution in [3.63, 3.8) is 0 Å². The number of aliphatic hydroxyl groups is 1. The van der Waals surface area contributed by atoms with Crippen molar-refractivity contribution < 1.29 is 19.8 Å². The molecule has 1 unspecified atom stereocenters. The average molecular weight is 392 g/mol. The molecule has 0 bridgehead atoms. The van der Waals surface area contributed by atoms with Crippen LogP contribution in [0.3, 0.4) is 0 Å². The first-order valence-corrected chi connectivity index (χ1v) is 8.64. The fourth-order valence-electron chi connectivity index (χ4n) is 2.98. The monoisotopic (exact) mass is 391 g/mol. The van der Waals surface area contributed by atoms with E-state index in [1.165, 1.54) is 17.0 Å². The van der Waals surface area contributed by atoms with Crippen LogP contribution < -0.4 is 4.90 Å². The fraction of sp³-hybridized carbons (Fsp3) is 0.158. The third-order valence-corrected chi connectivity index (χ3v) is 4.74. The van der Waals surface area contributed by atoms with Crippen molar-refractivity contribution in [2.24, 2.45) is 0 Å². The number of hydrogen-bond acceptors (Lipinski definition) is 4. The molecule has 5 nitrogen and oxygen atoms in total. The molecule has 0 spiro atoms. The molecule has 1 atom stereocenters. The molecule has 3 rings (SSSR count). The molecule has 0 radical (unpaired) electrons. The van der Waals surface area contributed by atoms with E-state index in [1.54, 1.807) is 37.3 Å². The normalized spacial score (nSPS) is 17.1. The second kappa shape index (κ2) is 7.02. The molecule has 2 aromatic rings. The Bertz CT molecular complexity index is 939. The van der Waals surface area contributed by atoms with Crippen molar-refractivity contribution in [1.29, 1.82) is 0 Å². The second-order valence-corrected chi connectivity index (χ2v) is 6.65. The summed E-state index contributed by atoms with van der Waals surface area (Å²) in [5.74, 6) is -1.76. The molecule has 0 aromatic heterocycles. The van der Waals surface area contributed by atoms with Crippen LogP contribution in [0.25, 0.3) is 0 Å². The summed E-state index contributed by atoms with van der Waals surface area (Å²) in [5, 5.41) is 20.5. The molecule has 0 aliphatic carbocycles. The molecule has 1 amide bonds. The number of benzene rings is 2. The first-order chi connectivity index (χ1) is 12.3. The minimum Gasteiger partial charge on any atom is -0.506 e. The summed E-state index contributed by atoms with van der Waals surface area (Å²) in [4.78, 5) is 26.5. The lowest BCUT2D eigenvalue weighted by atomic mass is 9.94. The van der Waals surface area contributed by atoms with Gasteiger partial charge in [0.15, 0.2) is 11.5 Å². The van der Waals surface area contributed by atoms with Gasteiger partial charge in [-0.15, -0.1) is 0 Å². The van der Waals surface area contributed by atoms with Gasteiger partial charge in [0.1, 0.15) is 5.75 Å². The Labute approximate surface area is 160 Å². The van der Waals surface area contributed by atoms with Gasteiger partial charge in [-0.25, -0.2) is 0 Å². The van der Waals surface area contributed by atoms with E-state index in [0.717, 1.165) is 0 Å². The van der Waals surface area contributed by atoms with Gasteiger partial charge in [0.2, 0.25) is 0 Å². The number of Topliss-reactive ketones (excluding diaryl/α,β-unsaturated/α-hetero) is 1. The quantitative estimate of drug-likeness (QED) is 0.799. The van der Waals surface area contributed by atoms with E-state index in [1.807, 2.05) is 0 Å². The molecule has 1 aliphatic rings. The Morgan fingerprint density at radius 2 is 1.88 bits per heavy atom. The van der Waals surface area contributed by atoms with Crippen LogP contribution in [0.4, 0.5) is 5.69 Å². The molecule has 0 saturated carbocycles. The van der Waals surface area contributed by atoms with Crippen molar-refractivity contribution in [2.45, 2.75) is 19.4 Å². The number of rotatable bonds is 4. The van der Waals surface area contributed by atoms with Crippen molar-refractivity contribution >= 4 is 40.6 Å². The maximum Gasteiger partial charge on any atom is 0.294 e. The molecule has 0 saturated heterocycles. The molecule has 2 N–H and O–H groups in total. The van der Waals surface area contributed by atoms with Gasteiger partial charge in [-0.1, -0.05) is 42.3 Å². The van der Waals surface area contributed by atoms with Crippen LogP contribution >= 0.6 is 23.2 Å². The van der Waals surface area contributed by atoms with E-state index in [4.69, 9.17) is 23.2 Å². The summed E-state index contributed by atoms with van der Waals surface area (Å²) in [6.45, 7) is 1.65. The maximum absolute atomic E-state index is 12.7. The smallest absolute Gasteiger partial charge is 0.294 e. The Hall–Kier alpha value is -2.50. The van der Waals surface area contributed by atoms with Crippen LogP contribution in [0.5, 0.6) is 5.75 Å². The molecule has 26 heavy (non-hydrogen) atoms. The lowest BCUT2D eigenvalue weighted by molar-refractivity contribution is -0.118. The lowest BCUT2D eigenvalue weighted by Gasteiger charge is -2.27. The summed E-state index contributed by atoms with van der Waals surface area (Å²) >= 11 is 12.0. The first kappa shape index (κ1) is 18.3. The molecule has 2 aromatic carbocycles. The average Bonchev–Trinajstić information content (AvgIpc) is 2.88. The number of carbonyl (C=O) groups is 2. The van der Waals surface area contributed by atoms with Gasteiger partial charge < -0.3 is 10.2 Å². The van der Waals surface area contributed by atoms with Gasteiger partial charge in [0.25, 0.3) is 5.91 Å². The lowest BCUT2D eigenvalue weighted by Crippen LogP contribution is -2.31. The summed E-state index contributed by atoms with van der Waals surface area (Å²) in [7, 11) is 0. The van der Waals surface area contributed by atoms with E-state index >= 15 is 0 Å². The third-order valence-electron chi connectivity index (χ3n) is 4.20. The predicted molar refractivity (Wildman–Crippen MR) is 99.7 cm³/mol. The van der Waals surface area contributed by atoms with E-state index in [2.05, 4.69) is 0 Å². The topological polar surface area (TPSA) is 77.8 Å². The summed E-state index contributed by atoms with van der Waals surface area (Å²) < 4.78 is 0. The van der Waals surface area contributed by atoms with Crippen LogP contribution in [0.15, 0.2) is 53.8 Å². The van der Waals surface area contributed by atoms with Crippen LogP contribution in [0.2, 0.25) is 10.0 Å². The van der Waals surface area contributed by atoms with Crippen molar-refractivity contribution in [1.82, 2.24) is 0 Å². The molecule has 1 aliphatic heterocycles. The van der Waals surface area contributed by atoms with Crippen molar-refractivity contribution in [3.8, 4) is 5.75 Å². The van der Waals surface area contributed by atoms with Gasteiger partial charge in [0.05, 0.1) is 16.6 Å². The number of nitrogens with zero attached hydrogens (tertiary/aromatic N) is 1. The highest BCUT2D eigenvalue weighted by Crippen LogP contribution is 2.43. The van der Waals surface area contributed by atoms with Crippen molar-refractivity contribution in [3.05, 3.63) is 69.4 Å². The van der Waals surface area contributed by atoms with E-state index in [-0.39, 0.29) is 28.5 Å². The number of halogens is 2. The molecule has 1 heterocycles. The molecule has 7 heteroatoms. The number of phenols is 1. The Kier molecular flexibility index (Phi) is 4.94. The number of ketones is 1. The van der Waals surface area contributed by atoms with Gasteiger partial charge in [-0.3, -0.25) is 14.5 Å². The number of hydrogen-bond donors (Lipinski definition) is 2. The number of anilines is 1. The zero-order valence-corrected chi connectivity index (χ0v) is 15.3. The predicted octanol–water partition coefficient (Wildman–Crippen LogP) is 4.58. The molecular weight excluding hydrogens is 377 g/mol. The molecule has 0 fully saturated rings. The third kappa shape index (κ3) is 3.04. The minimum atomic E-state index is -0.869. The first-order valence-electron chi connectivity index (χ1n) is 7.89. The second-order valence-electron chi connectivity index (χ2n) is 5.81. The maximum atomic E-state index is 12.7. The number of carbonyl (C=O) groups excluding carboxylic acids is 2. The van der Waals surface area contributed by atoms with Crippen LogP contribution in [-0.2, 0) is 9.59 Å². The minimum absolute atomic E-state index is 0.000711. The Balaban J connectivity index is 2.21. The van der Waals surface area contributed by atoms with Crippen molar-refractivity contribution in [2.75, 3.05) is 4.90 Å². The largest absolute Gasteiger partial charge is 0.506 e. The Morgan fingerprint density at radius 3 is 2.50 bits per heavy atom. The van der Waals surface area contributed by atoms with Gasteiger partial charge in [-0.05, 0) is 35.9 Å². The highest BCUT2D eigenvalue weighted by Gasteiger charge is 2.44. The fourth-order valence-corrected chi connectivity index (χ4v) is 3.35. The van der Waals surface area contributed by atoms with E-state index in [0.29, 0.717) is 16.3 Å². The Morgan fingerprint density at radius 1 is 1.15 bits per heavy atom. The van der Waals surface area contributed by atoms with Crippen LogP contribution in [-0.4, -0.2) is 21.9 Å². The summed E-state index contributed by atoms with van der Waals surface area (Å²) in [6.07, 6.45) is 0.123. The molecule has 134 valence electrons. The summed E-state index contributed by atoms with van der Waals surface area (Å²) in [5.41, 5.74) is 0.920. The van der Waals surface area contributed by atoms with Crippen LogP contribution in [0.1, 0.15) is 24.9 Å². The standard InChI is InChI=1S/C19H15Cl2NO4/c1-2-14(23)16-17(10-6-7-15(24)13(21)8-10)22(19(26)18(16)25)12-5-3-4-11(20)9-12/h3-9,17,24-25H,2H2,1H3. The zero-order valence-electron chi connectivity index (χ0n) is 13.7. The van der Waals surface area contributed by atoms with E-state index in [9.17, 15) is 19.8 Å². The van der Waals surface area contributed by atoms with Gasteiger partial charge in [0, 0.05) is 17.1 Å². The molecular formula is C19H15Cl2NO4. The number of aromatic hydroxyl groups is 1. The number of phenolic OH excluding ortho intramolecular Hbond substituents is 1. The van der Waals surface area contributed by atoms with E-state index < -0.39 is 17.7 Å². The highest BCUT2D eigenvalue weighted by molar-refractivity contribution is 6.32. The SMILES string of the molecule is CCC(=O)C1=C(O)C(=O)N(c2cccc(Cl)c2)C1c1ccc(O)c(Cl)c1. The van der Waals surface area contributed by atoms with Gasteiger partial charge in [-0.2, -0.15) is 0 Å². The number of aliphatic hydroxyl groups excluding tert-OH is 1. The summed E-state index contributed by atoms with van der Waals surface area (Å²) in [6, 6.07) is 10.1. The number of amides is 1. The highest BCUT2D eigenvalue weighted by atomic mass is 35.5. The zero-order chi connectivity index (χ0) is 19.0.